The van der Waals surface area contributed by atoms with E-state index in [0.717, 1.165) is 55.1 Å². The number of rotatable bonds is 4. The molecule has 0 aliphatic carbocycles. The molecule has 2 heterocycles. The Hall–Kier alpha value is -0.680. The highest BCUT2D eigenvalue weighted by molar-refractivity contribution is 9.09. The van der Waals surface area contributed by atoms with Crippen molar-refractivity contribution in [3.05, 3.63) is 17.6 Å². The standard InChI is InChI=1S/C13H20BrN3O/c1-10-9-15-11(2)13(16-10)17-6-3-12(4-7-17)18-8-5-14/h9,12H,3-8H2,1-2H3. The van der Waals surface area contributed by atoms with E-state index >= 15 is 0 Å². The molecule has 1 aliphatic heterocycles. The van der Waals surface area contributed by atoms with Crippen LogP contribution in [0.2, 0.25) is 0 Å². The molecule has 1 aliphatic rings. The molecule has 18 heavy (non-hydrogen) atoms. The average Bonchev–Trinajstić information content (AvgIpc) is 2.40. The van der Waals surface area contributed by atoms with Crippen molar-refractivity contribution in [3.63, 3.8) is 0 Å². The highest BCUT2D eigenvalue weighted by Crippen LogP contribution is 2.21. The predicted octanol–water partition coefficient (Wildman–Crippen LogP) is 2.47. The van der Waals surface area contributed by atoms with Gasteiger partial charge in [0, 0.05) is 24.6 Å². The molecule has 100 valence electrons. The molecule has 2 rings (SSSR count). The third kappa shape index (κ3) is 3.42. The van der Waals surface area contributed by atoms with Crippen LogP contribution in [0.5, 0.6) is 0 Å². The van der Waals surface area contributed by atoms with Crippen LogP contribution in [0.1, 0.15) is 24.2 Å². The number of halogens is 1. The van der Waals surface area contributed by atoms with Crippen molar-refractivity contribution in [2.24, 2.45) is 0 Å². The van der Waals surface area contributed by atoms with E-state index in [1.807, 2.05) is 20.0 Å². The number of hydrogen-bond acceptors (Lipinski definition) is 4. The molecule has 4 nitrogen and oxygen atoms in total. The molecule has 0 bridgehead atoms. The van der Waals surface area contributed by atoms with E-state index in [4.69, 9.17) is 4.74 Å². The van der Waals surface area contributed by atoms with Gasteiger partial charge in [-0.05, 0) is 26.7 Å². The van der Waals surface area contributed by atoms with Crippen LogP contribution >= 0.6 is 15.9 Å². The Balaban J connectivity index is 1.94. The molecule has 0 amide bonds. The van der Waals surface area contributed by atoms with E-state index in [9.17, 15) is 0 Å². The molecular weight excluding hydrogens is 294 g/mol. The lowest BCUT2D eigenvalue weighted by Gasteiger charge is -2.33. The van der Waals surface area contributed by atoms with Crippen molar-refractivity contribution < 1.29 is 4.74 Å². The van der Waals surface area contributed by atoms with Crippen LogP contribution in [0.15, 0.2) is 6.20 Å². The second kappa shape index (κ2) is 6.48. The zero-order chi connectivity index (χ0) is 13.0. The molecule has 1 aromatic heterocycles. The van der Waals surface area contributed by atoms with Crippen molar-refractivity contribution in [3.8, 4) is 0 Å². The number of anilines is 1. The summed E-state index contributed by atoms with van der Waals surface area (Å²) in [6.07, 6.45) is 4.37. The zero-order valence-corrected chi connectivity index (χ0v) is 12.6. The van der Waals surface area contributed by atoms with Gasteiger partial charge in [-0.15, -0.1) is 0 Å². The second-order valence-electron chi connectivity index (χ2n) is 4.67. The molecule has 0 spiro atoms. The summed E-state index contributed by atoms with van der Waals surface area (Å²) in [5.41, 5.74) is 1.99. The molecule has 0 N–H and O–H groups in total. The van der Waals surface area contributed by atoms with Crippen LogP contribution in [0.25, 0.3) is 0 Å². The number of alkyl halides is 1. The maximum Gasteiger partial charge on any atom is 0.150 e. The first kappa shape index (κ1) is 13.7. The number of hydrogen-bond donors (Lipinski definition) is 0. The number of nitrogens with zero attached hydrogens (tertiary/aromatic N) is 3. The van der Waals surface area contributed by atoms with Crippen molar-refractivity contribution in [2.75, 3.05) is 29.9 Å². The van der Waals surface area contributed by atoms with Crippen LogP contribution in [-0.2, 0) is 4.74 Å². The molecule has 1 saturated heterocycles. The van der Waals surface area contributed by atoms with E-state index in [-0.39, 0.29) is 0 Å². The summed E-state index contributed by atoms with van der Waals surface area (Å²) in [4.78, 5) is 11.3. The van der Waals surface area contributed by atoms with Crippen molar-refractivity contribution in [1.29, 1.82) is 0 Å². The quantitative estimate of drug-likeness (QED) is 0.800. The molecule has 0 atom stereocenters. The summed E-state index contributed by atoms with van der Waals surface area (Å²) in [5, 5.41) is 0.912. The summed E-state index contributed by atoms with van der Waals surface area (Å²) in [7, 11) is 0. The van der Waals surface area contributed by atoms with E-state index in [0.29, 0.717) is 6.10 Å². The minimum absolute atomic E-state index is 0.400. The van der Waals surface area contributed by atoms with E-state index in [2.05, 4.69) is 30.8 Å². The Kier molecular flexibility index (Phi) is 4.95. The van der Waals surface area contributed by atoms with Crippen LogP contribution in [0.3, 0.4) is 0 Å². The van der Waals surface area contributed by atoms with E-state index < -0.39 is 0 Å². The molecule has 0 radical (unpaired) electrons. The number of ether oxygens (including phenoxy) is 1. The molecule has 0 unspecified atom stereocenters. The lowest BCUT2D eigenvalue weighted by molar-refractivity contribution is 0.0480. The molecule has 0 aromatic carbocycles. The predicted molar refractivity (Wildman–Crippen MR) is 76.5 cm³/mol. The van der Waals surface area contributed by atoms with Crippen LogP contribution in [0.4, 0.5) is 5.82 Å². The number of piperidine rings is 1. The number of aryl methyl sites for hydroxylation is 2. The van der Waals surface area contributed by atoms with Crippen molar-refractivity contribution >= 4 is 21.7 Å². The Labute approximate surface area is 117 Å². The zero-order valence-electron chi connectivity index (χ0n) is 11.0. The van der Waals surface area contributed by atoms with Gasteiger partial charge in [-0.25, -0.2) is 4.98 Å². The van der Waals surface area contributed by atoms with Gasteiger partial charge >= 0.3 is 0 Å². The molecule has 1 fully saturated rings. The first-order valence-corrected chi connectivity index (χ1v) is 7.55. The highest BCUT2D eigenvalue weighted by Gasteiger charge is 2.21. The van der Waals surface area contributed by atoms with Crippen LogP contribution in [0, 0.1) is 13.8 Å². The summed E-state index contributed by atoms with van der Waals surface area (Å²) in [6, 6.07) is 0. The van der Waals surface area contributed by atoms with Crippen molar-refractivity contribution in [2.45, 2.75) is 32.8 Å². The lowest BCUT2D eigenvalue weighted by atomic mass is 10.1. The molecule has 1 aromatic rings. The van der Waals surface area contributed by atoms with Crippen LogP contribution in [-0.4, -0.2) is 41.1 Å². The molecular formula is C13H20BrN3O. The highest BCUT2D eigenvalue weighted by atomic mass is 79.9. The summed E-state index contributed by atoms with van der Waals surface area (Å²) in [6.45, 7) is 6.82. The van der Waals surface area contributed by atoms with Gasteiger partial charge in [0.2, 0.25) is 0 Å². The van der Waals surface area contributed by atoms with E-state index in [1.54, 1.807) is 0 Å². The number of aromatic nitrogens is 2. The summed E-state index contributed by atoms with van der Waals surface area (Å²) in [5.74, 6) is 1.04. The van der Waals surface area contributed by atoms with E-state index in [1.165, 1.54) is 0 Å². The topological polar surface area (TPSA) is 38.2 Å². The first-order valence-electron chi connectivity index (χ1n) is 6.43. The first-order chi connectivity index (χ1) is 8.70. The largest absolute Gasteiger partial charge is 0.377 e. The normalized spacial score (nSPS) is 17.2. The monoisotopic (exact) mass is 313 g/mol. The lowest BCUT2D eigenvalue weighted by Crippen LogP contribution is -2.38. The summed E-state index contributed by atoms with van der Waals surface area (Å²) >= 11 is 3.39. The van der Waals surface area contributed by atoms with Crippen LogP contribution < -0.4 is 4.90 Å². The Bertz CT molecular complexity index is 392. The average molecular weight is 314 g/mol. The Morgan fingerprint density at radius 3 is 2.78 bits per heavy atom. The SMILES string of the molecule is Cc1cnc(C)c(N2CCC(OCCBr)CC2)n1. The van der Waals surface area contributed by atoms with Crippen molar-refractivity contribution in [1.82, 2.24) is 9.97 Å². The molecule has 0 saturated carbocycles. The minimum Gasteiger partial charge on any atom is -0.377 e. The smallest absolute Gasteiger partial charge is 0.150 e. The fourth-order valence-electron chi connectivity index (χ4n) is 2.27. The third-order valence-electron chi connectivity index (χ3n) is 3.22. The Morgan fingerprint density at radius 2 is 2.11 bits per heavy atom. The second-order valence-corrected chi connectivity index (χ2v) is 5.46. The van der Waals surface area contributed by atoms with Gasteiger partial charge in [0.1, 0.15) is 5.82 Å². The third-order valence-corrected chi connectivity index (χ3v) is 3.55. The molecule has 5 heteroatoms. The van der Waals surface area contributed by atoms with Gasteiger partial charge < -0.3 is 9.64 Å². The fourth-order valence-corrected chi connectivity index (χ4v) is 2.46. The van der Waals surface area contributed by atoms with Gasteiger partial charge in [0.05, 0.1) is 24.1 Å². The van der Waals surface area contributed by atoms with Gasteiger partial charge in [-0.3, -0.25) is 4.98 Å². The maximum absolute atomic E-state index is 5.76. The Morgan fingerprint density at radius 1 is 1.39 bits per heavy atom. The van der Waals surface area contributed by atoms with Gasteiger partial charge in [0.25, 0.3) is 0 Å². The maximum atomic E-state index is 5.76. The minimum atomic E-state index is 0.400. The van der Waals surface area contributed by atoms with Gasteiger partial charge in [-0.2, -0.15) is 0 Å². The van der Waals surface area contributed by atoms with Gasteiger partial charge in [-0.1, -0.05) is 15.9 Å². The van der Waals surface area contributed by atoms with Gasteiger partial charge in [0.15, 0.2) is 0 Å². The summed E-state index contributed by atoms with van der Waals surface area (Å²) < 4.78 is 5.76. The fraction of sp³-hybridized carbons (Fsp3) is 0.692.